The summed E-state index contributed by atoms with van der Waals surface area (Å²) in [7, 11) is 0. The minimum absolute atomic E-state index is 0.209. The Labute approximate surface area is 109 Å². The van der Waals surface area contributed by atoms with Gasteiger partial charge in [0.05, 0.1) is 0 Å². The van der Waals surface area contributed by atoms with Crippen molar-refractivity contribution in [3.05, 3.63) is 28.7 Å². The Morgan fingerprint density at radius 2 is 2.00 bits per heavy atom. The summed E-state index contributed by atoms with van der Waals surface area (Å²) in [5, 5.41) is 11.6. The topological polar surface area (TPSA) is 58.6 Å². The average Bonchev–Trinajstić information content (AvgIpc) is 2.30. The summed E-state index contributed by atoms with van der Waals surface area (Å²) in [5.41, 5.74) is 0. The maximum atomic E-state index is 10.2. The van der Waals surface area contributed by atoms with Crippen molar-refractivity contribution in [3.63, 3.8) is 0 Å². The lowest BCUT2D eigenvalue weighted by atomic mass is 10.3. The molecule has 2 N–H and O–H groups in total. The number of hydrogen-bond donors (Lipinski definition) is 2. The normalized spacial score (nSPS) is 10.2. The Bertz CT molecular complexity index is 340. The number of carboxylic acid groups (broad SMARTS) is 1. The quantitative estimate of drug-likeness (QED) is 0.723. The first-order valence-corrected chi connectivity index (χ1v) is 6.28. The fourth-order valence-electron chi connectivity index (χ4n) is 1.26. The fraction of sp³-hybridized carbons (Fsp3) is 0.417. The lowest BCUT2D eigenvalue weighted by Crippen LogP contribution is -2.22. The smallest absolute Gasteiger partial charge is 0.303 e. The standard InChI is InChI=1S/C12H16BrNO3/c13-10-3-5-11(6-4-10)17-9-8-14-7-1-2-12(15)16/h3-6,14H,1-2,7-9H2,(H,15,16). The largest absolute Gasteiger partial charge is 0.492 e. The van der Waals surface area contributed by atoms with Crippen LogP contribution >= 0.6 is 15.9 Å². The van der Waals surface area contributed by atoms with Crippen LogP contribution in [0, 0.1) is 0 Å². The molecule has 0 radical (unpaired) electrons. The number of aliphatic carboxylic acids is 1. The molecular weight excluding hydrogens is 286 g/mol. The number of nitrogens with one attached hydrogen (secondary N) is 1. The molecule has 0 aliphatic heterocycles. The number of rotatable bonds is 8. The number of carbonyl (C=O) groups is 1. The van der Waals surface area contributed by atoms with Gasteiger partial charge in [0.25, 0.3) is 0 Å². The third-order valence-electron chi connectivity index (χ3n) is 2.11. The van der Waals surface area contributed by atoms with E-state index in [9.17, 15) is 4.79 Å². The molecule has 0 aliphatic rings. The van der Waals surface area contributed by atoms with Crippen molar-refractivity contribution in [2.75, 3.05) is 19.7 Å². The predicted octanol–water partition coefficient (Wildman–Crippen LogP) is 2.28. The minimum Gasteiger partial charge on any atom is -0.492 e. The predicted molar refractivity (Wildman–Crippen MR) is 69.4 cm³/mol. The van der Waals surface area contributed by atoms with Crippen molar-refractivity contribution in [1.29, 1.82) is 0 Å². The van der Waals surface area contributed by atoms with Crippen molar-refractivity contribution in [3.8, 4) is 5.75 Å². The van der Waals surface area contributed by atoms with E-state index in [1.165, 1.54) is 0 Å². The van der Waals surface area contributed by atoms with E-state index in [1.54, 1.807) is 0 Å². The van der Waals surface area contributed by atoms with E-state index >= 15 is 0 Å². The van der Waals surface area contributed by atoms with E-state index in [4.69, 9.17) is 9.84 Å². The van der Waals surface area contributed by atoms with Crippen molar-refractivity contribution in [2.24, 2.45) is 0 Å². The number of ether oxygens (including phenoxy) is 1. The zero-order valence-corrected chi connectivity index (χ0v) is 11.1. The SMILES string of the molecule is O=C(O)CCCNCCOc1ccc(Br)cc1. The summed E-state index contributed by atoms with van der Waals surface area (Å²) in [4.78, 5) is 10.2. The third-order valence-corrected chi connectivity index (χ3v) is 2.63. The molecule has 1 rings (SSSR count). The van der Waals surface area contributed by atoms with E-state index in [0.29, 0.717) is 19.6 Å². The Hall–Kier alpha value is -1.07. The van der Waals surface area contributed by atoms with Crippen molar-refractivity contribution in [2.45, 2.75) is 12.8 Å². The van der Waals surface area contributed by atoms with E-state index in [1.807, 2.05) is 24.3 Å². The highest BCUT2D eigenvalue weighted by Crippen LogP contribution is 2.15. The van der Waals surface area contributed by atoms with Crippen LogP contribution in [0.5, 0.6) is 5.75 Å². The van der Waals surface area contributed by atoms with Crippen LogP contribution < -0.4 is 10.1 Å². The highest BCUT2D eigenvalue weighted by molar-refractivity contribution is 9.10. The highest BCUT2D eigenvalue weighted by atomic mass is 79.9. The summed E-state index contributed by atoms with van der Waals surface area (Å²) in [6.07, 6.45) is 0.855. The molecule has 0 aromatic heterocycles. The molecule has 0 unspecified atom stereocenters. The molecule has 0 saturated carbocycles. The average molecular weight is 302 g/mol. The third kappa shape index (κ3) is 6.97. The van der Waals surface area contributed by atoms with Gasteiger partial charge in [0.2, 0.25) is 0 Å². The van der Waals surface area contributed by atoms with Crippen LogP contribution in [0.4, 0.5) is 0 Å². The molecule has 0 heterocycles. The van der Waals surface area contributed by atoms with E-state index in [-0.39, 0.29) is 6.42 Å². The Morgan fingerprint density at radius 1 is 1.29 bits per heavy atom. The van der Waals surface area contributed by atoms with Gasteiger partial charge in [-0.2, -0.15) is 0 Å². The Kier molecular flexibility index (Phi) is 6.65. The first kappa shape index (κ1) is 14.0. The maximum Gasteiger partial charge on any atom is 0.303 e. The lowest BCUT2D eigenvalue weighted by Gasteiger charge is -2.07. The molecule has 0 saturated heterocycles. The molecule has 1 aromatic carbocycles. The van der Waals surface area contributed by atoms with Crippen molar-refractivity contribution >= 4 is 21.9 Å². The molecule has 0 atom stereocenters. The first-order chi connectivity index (χ1) is 8.18. The molecule has 0 aliphatic carbocycles. The minimum atomic E-state index is -0.752. The monoisotopic (exact) mass is 301 g/mol. The second kappa shape index (κ2) is 8.08. The van der Waals surface area contributed by atoms with Gasteiger partial charge in [-0.1, -0.05) is 15.9 Å². The van der Waals surface area contributed by atoms with Gasteiger partial charge in [-0.3, -0.25) is 4.79 Å². The maximum absolute atomic E-state index is 10.2. The van der Waals surface area contributed by atoms with Gasteiger partial charge >= 0.3 is 5.97 Å². The molecule has 0 fully saturated rings. The van der Waals surface area contributed by atoms with Gasteiger partial charge in [0.15, 0.2) is 0 Å². The Morgan fingerprint density at radius 3 is 2.65 bits per heavy atom. The van der Waals surface area contributed by atoms with E-state index in [2.05, 4.69) is 21.2 Å². The van der Waals surface area contributed by atoms with Gasteiger partial charge in [0.1, 0.15) is 12.4 Å². The second-order valence-electron chi connectivity index (χ2n) is 3.55. The molecule has 5 heteroatoms. The summed E-state index contributed by atoms with van der Waals surface area (Å²) >= 11 is 3.35. The van der Waals surface area contributed by atoms with Crippen LogP contribution in [0.1, 0.15) is 12.8 Å². The fourth-order valence-corrected chi connectivity index (χ4v) is 1.53. The van der Waals surface area contributed by atoms with Crippen LogP contribution in [-0.4, -0.2) is 30.8 Å². The molecular formula is C12H16BrNO3. The molecule has 17 heavy (non-hydrogen) atoms. The van der Waals surface area contributed by atoms with Gasteiger partial charge in [0, 0.05) is 17.4 Å². The summed E-state index contributed by atoms with van der Waals surface area (Å²) in [5.74, 6) is 0.0819. The summed E-state index contributed by atoms with van der Waals surface area (Å²) in [6, 6.07) is 7.65. The molecule has 0 spiro atoms. The first-order valence-electron chi connectivity index (χ1n) is 5.49. The van der Waals surface area contributed by atoms with Gasteiger partial charge in [-0.05, 0) is 37.2 Å². The van der Waals surface area contributed by atoms with Crippen molar-refractivity contribution < 1.29 is 14.6 Å². The summed E-state index contributed by atoms with van der Waals surface area (Å²) in [6.45, 7) is 2.00. The van der Waals surface area contributed by atoms with Crippen LogP contribution in [0.25, 0.3) is 0 Å². The second-order valence-corrected chi connectivity index (χ2v) is 4.47. The number of carboxylic acids is 1. The highest BCUT2D eigenvalue weighted by Gasteiger charge is 1.96. The van der Waals surface area contributed by atoms with Crippen molar-refractivity contribution in [1.82, 2.24) is 5.32 Å². The molecule has 94 valence electrons. The zero-order valence-electron chi connectivity index (χ0n) is 9.49. The zero-order chi connectivity index (χ0) is 12.5. The summed E-state index contributed by atoms with van der Waals surface area (Å²) < 4.78 is 6.51. The van der Waals surface area contributed by atoms with Gasteiger partial charge in [-0.15, -0.1) is 0 Å². The number of hydrogen-bond acceptors (Lipinski definition) is 3. The van der Waals surface area contributed by atoms with Crippen LogP contribution in [-0.2, 0) is 4.79 Å². The van der Waals surface area contributed by atoms with Crippen LogP contribution in [0.15, 0.2) is 28.7 Å². The number of halogens is 1. The van der Waals surface area contributed by atoms with Gasteiger partial charge < -0.3 is 15.2 Å². The van der Waals surface area contributed by atoms with Crippen LogP contribution in [0.3, 0.4) is 0 Å². The Balaban J connectivity index is 2.01. The van der Waals surface area contributed by atoms with E-state index < -0.39 is 5.97 Å². The van der Waals surface area contributed by atoms with Crippen LogP contribution in [0.2, 0.25) is 0 Å². The molecule has 0 bridgehead atoms. The lowest BCUT2D eigenvalue weighted by molar-refractivity contribution is -0.137. The number of benzene rings is 1. The van der Waals surface area contributed by atoms with E-state index in [0.717, 1.165) is 16.8 Å². The molecule has 0 amide bonds. The van der Waals surface area contributed by atoms with Gasteiger partial charge in [-0.25, -0.2) is 0 Å². The molecule has 4 nitrogen and oxygen atoms in total. The molecule has 1 aromatic rings.